The summed E-state index contributed by atoms with van der Waals surface area (Å²) in [6.45, 7) is 2.04. The maximum Gasteiger partial charge on any atom is 0.173 e. The summed E-state index contributed by atoms with van der Waals surface area (Å²) in [5, 5.41) is 11.5. The SMILES string of the molecule is CCc1ccc(Oc2ccccc2Cl)cc1C1=C(O)[C@H]2[C@@H](C1=O)[C@@H]1CC[C@H]2O1. The monoisotopic (exact) mass is 396 g/mol. The summed E-state index contributed by atoms with van der Waals surface area (Å²) in [7, 11) is 0. The number of halogens is 1. The van der Waals surface area contributed by atoms with Gasteiger partial charge in [0.25, 0.3) is 0 Å². The van der Waals surface area contributed by atoms with E-state index in [-0.39, 0.29) is 35.6 Å². The third kappa shape index (κ3) is 2.59. The Balaban J connectivity index is 1.56. The molecule has 144 valence electrons. The highest BCUT2D eigenvalue weighted by atomic mass is 35.5. The van der Waals surface area contributed by atoms with Crippen LogP contribution in [0.2, 0.25) is 5.02 Å². The summed E-state index contributed by atoms with van der Waals surface area (Å²) in [4.78, 5) is 13.2. The molecular formula is C23H21ClO4. The van der Waals surface area contributed by atoms with Gasteiger partial charge in [-0.1, -0.05) is 36.7 Å². The molecule has 5 rings (SSSR count). The molecule has 2 aromatic rings. The first kappa shape index (κ1) is 17.8. The molecule has 5 heteroatoms. The fourth-order valence-corrected chi connectivity index (χ4v) is 5.08. The second kappa shape index (κ2) is 6.64. The molecule has 0 spiro atoms. The predicted molar refractivity (Wildman–Crippen MR) is 107 cm³/mol. The van der Waals surface area contributed by atoms with Crippen LogP contribution in [0.3, 0.4) is 0 Å². The largest absolute Gasteiger partial charge is 0.511 e. The van der Waals surface area contributed by atoms with Gasteiger partial charge in [0.05, 0.1) is 34.6 Å². The van der Waals surface area contributed by atoms with Gasteiger partial charge in [-0.15, -0.1) is 0 Å². The molecule has 2 bridgehead atoms. The second-order valence-corrected chi connectivity index (χ2v) is 8.08. The van der Waals surface area contributed by atoms with Crippen LogP contribution in [0.4, 0.5) is 0 Å². The van der Waals surface area contributed by atoms with Crippen molar-refractivity contribution in [3.8, 4) is 11.5 Å². The number of hydrogen-bond acceptors (Lipinski definition) is 4. The van der Waals surface area contributed by atoms with E-state index in [1.165, 1.54) is 0 Å². The zero-order chi connectivity index (χ0) is 19.4. The van der Waals surface area contributed by atoms with E-state index in [1.54, 1.807) is 12.1 Å². The number of carbonyl (C=O) groups is 1. The smallest absolute Gasteiger partial charge is 0.173 e. The first-order chi connectivity index (χ1) is 13.6. The van der Waals surface area contributed by atoms with Crippen molar-refractivity contribution in [2.45, 2.75) is 38.4 Å². The topological polar surface area (TPSA) is 55.8 Å². The number of rotatable bonds is 4. The van der Waals surface area contributed by atoms with Crippen LogP contribution >= 0.6 is 11.6 Å². The zero-order valence-corrected chi connectivity index (χ0v) is 16.3. The maximum atomic E-state index is 13.2. The van der Waals surface area contributed by atoms with Crippen LogP contribution in [0, 0.1) is 11.8 Å². The lowest BCUT2D eigenvalue weighted by Gasteiger charge is -2.19. The first-order valence-corrected chi connectivity index (χ1v) is 10.1. The number of Topliss-reactive ketones (excluding diaryl/α,β-unsaturated/α-hetero) is 1. The Bertz CT molecular complexity index is 996. The Labute approximate surface area is 168 Å². The van der Waals surface area contributed by atoms with Crippen molar-refractivity contribution in [2.24, 2.45) is 11.8 Å². The Morgan fingerprint density at radius 1 is 1.14 bits per heavy atom. The van der Waals surface area contributed by atoms with Crippen LogP contribution in [0.25, 0.3) is 5.57 Å². The molecule has 2 fully saturated rings. The van der Waals surface area contributed by atoms with Gasteiger partial charge in [-0.2, -0.15) is 0 Å². The van der Waals surface area contributed by atoms with Gasteiger partial charge in [-0.05, 0) is 54.7 Å². The fourth-order valence-electron chi connectivity index (χ4n) is 4.90. The van der Waals surface area contributed by atoms with Gasteiger partial charge in [0.1, 0.15) is 17.3 Å². The number of benzene rings is 2. The van der Waals surface area contributed by atoms with E-state index >= 15 is 0 Å². The molecular weight excluding hydrogens is 376 g/mol. The maximum absolute atomic E-state index is 13.2. The van der Waals surface area contributed by atoms with Gasteiger partial charge in [0, 0.05) is 0 Å². The number of ether oxygens (including phenoxy) is 2. The number of carbonyl (C=O) groups excluding carboxylic acids is 1. The molecule has 1 aliphatic carbocycles. The molecule has 2 heterocycles. The minimum atomic E-state index is -0.244. The molecule has 4 atom stereocenters. The van der Waals surface area contributed by atoms with Crippen LogP contribution in [0.1, 0.15) is 30.9 Å². The summed E-state index contributed by atoms with van der Waals surface area (Å²) in [6, 6.07) is 12.9. The average Bonchev–Trinajstić information content (AvgIpc) is 3.37. The molecule has 0 amide bonds. The van der Waals surface area contributed by atoms with Crippen molar-refractivity contribution in [3.63, 3.8) is 0 Å². The lowest BCUT2D eigenvalue weighted by molar-refractivity contribution is -0.118. The number of aliphatic hydroxyl groups excluding tert-OH is 1. The van der Waals surface area contributed by atoms with Crippen LogP contribution in [0.5, 0.6) is 11.5 Å². The molecule has 2 aromatic carbocycles. The minimum Gasteiger partial charge on any atom is -0.511 e. The van der Waals surface area contributed by atoms with E-state index < -0.39 is 0 Å². The number of ketones is 1. The van der Waals surface area contributed by atoms with E-state index in [2.05, 4.69) is 0 Å². The van der Waals surface area contributed by atoms with Crippen molar-refractivity contribution < 1.29 is 19.4 Å². The van der Waals surface area contributed by atoms with E-state index in [0.29, 0.717) is 22.1 Å². The van der Waals surface area contributed by atoms with E-state index in [1.807, 2.05) is 37.3 Å². The lowest BCUT2D eigenvalue weighted by atomic mass is 9.80. The van der Waals surface area contributed by atoms with Gasteiger partial charge in [0.15, 0.2) is 5.78 Å². The van der Waals surface area contributed by atoms with Gasteiger partial charge in [0.2, 0.25) is 0 Å². The molecule has 2 saturated heterocycles. The summed E-state index contributed by atoms with van der Waals surface area (Å²) < 4.78 is 11.8. The van der Waals surface area contributed by atoms with Crippen LogP contribution in [-0.4, -0.2) is 23.1 Å². The van der Waals surface area contributed by atoms with Gasteiger partial charge in [-0.25, -0.2) is 0 Å². The lowest BCUT2D eigenvalue weighted by Crippen LogP contribution is -2.29. The van der Waals surface area contributed by atoms with Crippen LogP contribution in [-0.2, 0) is 16.0 Å². The summed E-state index contributed by atoms with van der Waals surface area (Å²) in [5.41, 5.74) is 2.20. The Hall–Kier alpha value is -2.30. The van der Waals surface area contributed by atoms with Gasteiger partial charge >= 0.3 is 0 Å². The molecule has 0 aromatic heterocycles. The van der Waals surface area contributed by atoms with E-state index in [0.717, 1.165) is 30.4 Å². The third-order valence-corrected chi connectivity index (χ3v) is 6.50. The number of aryl methyl sites for hydroxylation is 1. The fraction of sp³-hybridized carbons (Fsp3) is 0.348. The number of allylic oxidation sites excluding steroid dienone is 1. The Kier molecular flexibility index (Phi) is 4.22. The summed E-state index contributed by atoms with van der Waals surface area (Å²) in [5.74, 6) is 0.889. The predicted octanol–water partition coefficient (Wildman–Crippen LogP) is 5.34. The average molecular weight is 397 g/mol. The number of para-hydroxylation sites is 1. The Morgan fingerprint density at radius 2 is 1.89 bits per heavy atom. The highest BCUT2D eigenvalue weighted by molar-refractivity contribution is 6.32. The number of aliphatic hydroxyl groups is 1. The molecule has 4 nitrogen and oxygen atoms in total. The normalized spacial score (nSPS) is 28.1. The number of hydrogen-bond donors (Lipinski definition) is 1. The quantitative estimate of drug-likeness (QED) is 0.757. The Morgan fingerprint density at radius 3 is 2.61 bits per heavy atom. The standard InChI is InChI=1S/C23H21ClO4/c1-2-12-7-8-13(27-16-6-4-3-5-15(16)24)11-14(12)19-22(25)20-17-9-10-18(28-17)21(20)23(19)26/h3-8,11,17-18,20-21,25H,2,9-10H2,1H3/t17-,18+,20-,21+/m1/s1. The van der Waals surface area contributed by atoms with Gasteiger partial charge < -0.3 is 14.6 Å². The molecule has 0 saturated carbocycles. The second-order valence-electron chi connectivity index (χ2n) is 7.67. The summed E-state index contributed by atoms with van der Waals surface area (Å²) >= 11 is 6.21. The van der Waals surface area contributed by atoms with Crippen molar-refractivity contribution >= 4 is 23.0 Å². The number of fused-ring (bicyclic) bond motifs is 5. The third-order valence-electron chi connectivity index (χ3n) is 6.19. The van der Waals surface area contributed by atoms with Crippen molar-refractivity contribution in [2.75, 3.05) is 0 Å². The molecule has 2 aliphatic heterocycles. The van der Waals surface area contributed by atoms with Crippen LogP contribution < -0.4 is 4.74 Å². The van der Waals surface area contributed by atoms with Crippen molar-refractivity contribution in [3.05, 3.63) is 64.4 Å². The minimum absolute atomic E-state index is 0.000654. The highest BCUT2D eigenvalue weighted by Crippen LogP contribution is 2.54. The van der Waals surface area contributed by atoms with E-state index in [9.17, 15) is 9.90 Å². The molecule has 0 radical (unpaired) electrons. The molecule has 1 N–H and O–H groups in total. The molecule has 3 aliphatic rings. The zero-order valence-electron chi connectivity index (χ0n) is 15.5. The van der Waals surface area contributed by atoms with Gasteiger partial charge in [-0.3, -0.25) is 4.79 Å². The van der Waals surface area contributed by atoms with Crippen molar-refractivity contribution in [1.82, 2.24) is 0 Å². The van der Waals surface area contributed by atoms with E-state index in [4.69, 9.17) is 21.1 Å². The van der Waals surface area contributed by atoms with Crippen molar-refractivity contribution in [1.29, 1.82) is 0 Å². The highest BCUT2D eigenvalue weighted by Gasteiger charge is 2.59. The van der Waals surface area contributed by atoms with Crippen LogP contribution in [0.15, 0.2) is 48.2 Å². The molecule has 28 heavy (non-hydrogen) atoms. The first-order valence-electron chi connectivity index (χ1n) is 9.77. The molecule has 0 unspecified atom stereocenters. The summed E-state index contributed by atoms with van der Waals surface area (Å²) in [6.07, 6.45) is 2.46.